The number of rotatable bonds is 5. The molecule has 1 aliphatic heterocycles. The molecule has 0 aliphatic carbocycles. The average molecular weight is 423 g/mol. The number of carbonyl (C=O) groups is 2. The number of nitrogens with zero attached hydrogens (tertiary/aromatic N) is 1. The summed E-state index contributed by atoms with van der Waals surface area (Å²) in [5, 5.41) is 3.48. The van der Waals surface area contributed by atoms with E-state index in [1.807, 2.05) is 0 Å². The van der Waals surface area contributed by atoms with Gasteiger partial charge in [0.05, 0.1) is 18.4 Å². The van der Waals surface area contributed by atoms with Gasteiger partial charge in [-0.15, -0.1) is 0 Å². The Labute approximate surface area is 177 Å². The van der Waals surface area contributed by atoms with Crippen LogP contribution in [0.4, 0.5) is 15.8 Å². The predicted octanol–water partition coefficient (Wildman–Crippen LogP) is 4.88. The number of halogens is 2. The van der Waals surface area contributed by atoms with Gasteiger partial charge in [0.25, 0.3) is 11.8 Å². The number of nitrogens with one attached hydrogen (secondary N) is 1. The molecule has 0 saturated heterocycles. The lowest BCUT2D eigenvalue weighted by Crippen LogP contribution is -2.32. The fraction of sp³-hybridized carbons (Fsp3) is 0.0435. The van der Waals surface area contributed by atoms with Crippen molar-refractivity contribution in [3.05, 3.63) is 94.9 Å². The zero-order valence-corrected chi connectivity index (χ0v) is 16.6. The van der Waals surface area contributed by atoms with Crippen LogP contribution >= 0.6 is 11.6 Å². The summed E-state index contributed by atoms with van der Waals surface area (Å²) in [7, 11) is 1.47. The molecule has 3 aromatic carbocycles. The minimum absolute atomic E-state index is 0.0832. The second-order valence-electron chi connectivity index (χ2n) is 6.51. The number of para-hydroxylation sites is 2. The second kappa shape index (κ2) is 8.00. The van der Waals surface area contributed by atoms with Gasteiger partial charge in [0.1, 0.15) is 17.3 Å². The number of amides is 2. The van der Waals surface area contributed by atoms with E-state index in [9.17, 15) is 14.0 Å². The van der Waals surface area contributed by atoms with E-state index in [0.717, 1.165) is 4.90 Å². The number of carbonyl (C=O) groups excluding carboxylic acids is 2. The van der Waals surface area contributed by atoms with Gasteiger partial charge in [0.15, 0.2) is 0 Å². The number of hydrogen-bond acceptors (Lipinski definition) is 4. The molecular weight excluding hydrogens is 407 g/mol. The lowest BCUT2D eigenvalue weighted by atomic mass is 10.0. The first kappa shape index (κ1) is 19.7. The highest BCUT2D eigenvalue weighted by Gasteiger charge is 2.41. The Morgan fingerprint density at radius 1 is 0.900 bits per heavy atom. The van der Waals surface area contributed by atoms with Crippen molar-refractivity contribution in [3.63, 3.8) is 0 Å². The Kier molecular flexibility index (Phi) is 5.25. The SMILES string of the molecule is COc1ccccc1N1C(=O)C(Nc2ccc(F)cc2)=C(c2ccc(Cl)cc2)C1=O. The molecule has 0 unspecified atom stereocenters. The molecule has 0 bridgehead atoms. The van der Waals surface area contributed by atoms with Gasteiger partial charge in [-0.3, -0.25) is 9.59 Å². The van der Waals surface area contributed by atoms with Crippen LogP contribution < -0.4 is 15.0 Å². The average Bonchev–Trinajstić information content (AvgIpc) is 3.00. The summed E-state index contributed by atoms with van der Waals surface area (Å²) in [5.74, 6) is -1.06. The van der Waals surface area contributed by atoms with Crippen LogP contribution in [0.15, 0.2) is 78.5 Å². The number of imide groups is 1. The molecule has 150 valence electrons. The van der Waals surface area contributed by atoms with Gasteiger partial charge in [-0.05, 0) is 54.1 Å². The summed E-state index contributed by atoms with van der Waals surface area (Å²) in [6.45, 7) is 0. The number of ether oxygens (including phenoxy) is 1. The first-order valence-electron chi connectivity index (χ1n) is 9.04. The molecule has 4 rings (SSSR count). The Morgan fingerprint density at radius 2 is 1.57 bits per heavy atom. The molecule has 1 N–H and O–H groups in total. The molecule has 2 amide bonds. The highest BCUT2D eigenvalue weighted by Crippen LogP contribution is 2.37. The minimum Gasteiger partial charge on any atom is -0.495 e. The van der Waals surface area contributed by atoms with Crippen molar-refractivity contribution in [1.82, 2.24) is 0 Å². The van der Waals surface area contributed by atoms with Crippen molar-refractivity contribution in [2.75, 3.05) is 17.3 Å². The van der Waals surface area contributed by atoms with Gasteiger partial charge >= 0.3 is 0 Å². The van der Waals surface area contributed by atoms with Gasteiger partial charge < -0.3 is 10.1 Å². The normalized spacial score (nSPS) is 13.8. The predicted molar refractivity (Wildman–Crippen MR) is 114 cm³/mol. The van der Waals surface area contributed by atoms with E-state index in [2.05, 4.69) is 5.32 Å². The third-order valence-electron chi connectivity index (χ3n) is 4.66. The molecule has 0 radical (unpaired) electrons. The topological polar surface area (TPSA) is 58.6 Å². The molecule has 0 spiro atoms. The van der Waals surface area contributed by atoms with Crippen molar-refractivity contribution in [2.45, 2.75) is 0 Å². The first-order valence-corrected chi connectivity index (χ1v) is 9.42. The summed E-state index contributed by atoms with van der Waals surface area (Å²) in [4.78, 5) is 27.8. The van der Waals surface area contributed by atoms with Crippen LogP contribution in [0.1, 0.15) is 5.56 Å². The third-order valence-corrected chi connectivity index (χ3v) is 4.91. The highest BCUT2D eigenvalue weighted by atomic mass is 35.5. The summed E-state index contributed by atoms with van der Waals surface area (Å²) in [5.41, 5.74) is 1.60. The van der Waals surface area contributed by atoms with Crippen LogP contribution in [0.25, 0.3) is 5.57 Å². The number of benzene rings is 3. The Bertz CT molecular complexity index is 1160. The van der Waals surface area contributed by atoms with Crippen LogP contribution in [0.5, 0.6) is 5.75 Å². The quantitative estimate of drug-likeness (QED) is 0.595. The van der Waals surface area contributed by atoms with Gasteiger partial charge in [0, 0.05) is 10.7 Å². The van der Waals surface area contributed by atoms with E-state index >= 15 is 0 Å². The van der Waals surface area contributed by atoms with Crippen molar-refractivity contribution in [2.24, 2.45) is 0 Å². The molecule has 3 aromatic rings. The lowest BCUT2D eigenvalue weighted by Gasteiger charge is -2.18. The lowest BCUT2D eigenvalue weighted by molar-refractivity contribution is -0.120. The van der Waals surface area contributed by atoms with E-state index in [0.29, 0.717) is 27.7 Å². The first-order chi connectivity index (χ1) is 14.5. The van der Waals surface area contributed by atoms with Crippen molar-refractivity contribution in [3.8, 4) is 5.75 Å². The van der Waals surface area contributed by atoms with Crippen LogP contribution in [0.3, 0.4) is 0 Å². The van der Waals surface area contributed by atoms with E-state index in [1.54, 1.807) is 48.5 Å². The molecule has 0 atom stereocenters. The van der Waals surface area contributed by atoms with Crippen LogP contribution in [-0.2, 0) is 9.59 Å². The second-order valence-corrected chi connectivity index (χ2v) is 6.94. The Balaban J connectivity index is 1.83. The van der Waals surface area contributed by atoms with Gasteiger partial charge in [0.2, 0.25) is 0 Å². The standard InChI is InChI=1S/C23H16ClFN2O3/c1-30-19-5-3-2-4-18(19)27-22(28)20(14-6-8-15(24)9-7-14)21(23(27)29)26-17-12-10-16(25)11-13-17/h2-13,26H,1H3. The number of methoxy groups -OCH3 is 1. The fourth-order valence-corrected chi connectivity index (χ4v) is 3.37. The number of anilines is 2. The molecule has 1 aliphatic rings. The molecule has 7 heteroatoms. The maximum absolute atomic E-state index is 13.4. The molecular formula is C23H16ClFN2O3. The van der Waals surface area contributed by atoms with Gasteiger partial charge in [-0.25, -0.2) is 9.29 Å². The van der Waals surface area contributed by atoms with E-state index in [1.165, 1.54) is 31.4 Å². The summed E-state index contributed by atoms with van der Waals surface area (Å²) < 4.78 is 18.6. The fourth-order valence-electron chi connectivity index (χ4n) is 3.24. The zero-order valence-electron chi connectivity index (χ0n) is 15.9. The minimum atomic E-state index is -0.543. The molecule has 0 aromatic heterocycles. The van der Waals surface area contributed by atoms with Crippen molar-refractivity contribution < 1.29 is 18.7 Å². The molecule has 0 saturated carbocycles. The third kappa shape index (κ3) is 3.53. The van der Waals surface area contributed by atoms with Crippen LogP contribution in [0, 0.1) is 5.82 Å². The summed E-state index contributed by atoms with van der Waals surface area (Å²) >= 11 is 5.98. The molecule has 0 fully saturated rings. The zero-order chi connectivity index (χ0) is 21.3. The molecule has 1 heterocycles. The monoisotopic (exact) mass is 422 g/mol. The number of hydrogen-bond donors (Lipinski definition) is 1. The largest absolute Gasteiger partial charge is 0.495 e. The van der Waals surface area contributed by atoms with E-state index < -0.39 is 17.6 Å². The Morgan fingerprint density at radius 3 is 2.23 bits per heavy atom. The van der Waals surface area contributed by atoms with Crippen LogP contribution in [0.2, 0.25) is 5.02 Å². The van der Waals surface area contributed by atoms with Crippen LogP contribution in [-0.4, -0.2) is 18.9 Å². The summed E-state index contributed by atoms with van der Waals surface area (Å²) in [6, 6.07) is 18.9. The molecule has 5 nitrogen and oxygen atoms in total. The van der Waals surface area contributed by atoms with Gasteiger partial charge in [-0.2, -0.15) is 0 Å². The smallest absolute Gasteiger partial charge is 0.282 e. The summed E-state index contributed by atoms with van der Waals surface area (Å²) in [6.07, 6.45) is 0. The molecule has 30 heavy (non-hydrogen) atoms. The maximum atomic E-state index is 13.4. The van der Waals surface area contributed by atoms with E-state index in [-0.39, 0.29) is 11.3 Å². The van der Waals surface area contributed by atoms with Crippen molar-refractivity contribution >= 4 is 40.4 Å². The van der Waals surface area contributed by atoms with Gasteiger partial charge in [-0.1, -0.05) is 35.9 Å². The maximum Gasteiger partial charge on any atom is 0.282 e. The van der Waals surface area contributed by atoms with Crippen molar-refractivity contribution in [1.29, 1.82) is 0 Å². The van der Waals surface area contributed by atoms with E-state index in [4.69, 9.17) is 16.3 Å². The Hall–Kier alpha value is -3.64. The highest BCUT2D eigenvalue weighted by molar-refractivity contribution is 6.46.